The summed E-state index contributed by atoms with van der Waals surface area (Å²) in [6.07, 6.45) is 5.98. The highest BCUT2D eigenvalue weighted by Gasteiger charge is 2.27. The minimum atomic E-state index is 0.555. The molecule has 0 aliphatic carbocycles. The third kappa shape index (κ3) is 3.06. The molecule has 0 spiro atoms. The van der Waals surface area contributed by atoms with Crippen LogP contribution in [0.15, 0.2) is 6.20 Å². The first-order valence-electron chi connectivity index (χ1n) is 6.57. The molecule has 1 aliphatic rings. The molecule has 1 unspecified atom stereocenters. The van der Waals surface area contributed by atoms with Gasteiger partial charge in [-0.1, -0.05) is 6.42 Å². The Morgan fingerprint density at radius 2 is 2.35 bits per heavy atom. The highest BCUT2D eigenvalue weighted by atomic mass is 32.1. The van der Waals surface area contributed by atoms with Crippen molar-refractivity contribution in [1.29, 1.82) is 0 Å². The Labute approximate surface area is 108 Å². The van der Waals surface area contributed by atoms with Gasteiger partial charge in [0.05, 0.1) is 6.04 Å². The van der Waals surface area contributed by atoms with Gasteiger partial charge in [-0.25, -0.2) is 4.98 Å². The zero-order chi connectivity index (χ0) is 12.3. The fourth-order valence-corrected chi connectivity index (χ4v) is 3.66. The number of nitrogens with one attached hydrogen (secondary N) is 1. The smallest absolute Gasteiger partial charge is 0.110 e. The van der Waals surface area contributed by atoms with E-state index in [1.807, 2.05) is 24.6 Å². The van der Waals surface area contributed by atoms with Crippen molar-refractivity contribution in [3.63, 3.8) is 0 Å². The molecule has 4 heteroatoms. The molecule has 2 rings (SSSR count). The first-order valence-corrected chi connectivity index (χ1v) is 7.39. The predicted octanol–water partition coefficient (Wildman–Crippen LogP) is 2.80. The highest BCUT2D eigenvalue weighted by Crippen LogP contribution is 2.34. The van der Waals surface area contributed by atoms with Crippen LogP contribution < -0.4 is 5.32 Å². The Morgan fingerprint density at radius 1 is 1.53 bits per heavy atom. The van der Waals surface area contributed by atoms with Crippen LogP contribution in [0, 0.1) is 0 Å². The average Bonchev–Trinajstić information content (AvgIpc) is 2.78. The van der Waals surface area contributed by atoms with Crippen molar-refractivity contribution in [3.05, 3.63) is 16.1 Å². The molecule has 17 heavy (non-hydrogen) atoms. The van der Waals surface area contributed by atoms with E-state index in [0.29, 0.717) is 12.1 Å². The second-order valence-corrected chi connectivity index (χ2v) is 6.19. The molecule has 0 saturated carbocycles. The van der Waals surface area contributed by atoms with Crippen LogP contribution in [0.1, 0.15) is 49.0 Å². The Kier molecular flexibility index (Phi) is 4.54. The maximum Gasteiger partial charge on any atom is 0.110 e. The SMILES string of the molecule is CNCc1cnc(C2CCCCN2C(C)C)s1. The van der Waals surface area contributed by atoms with E-state index in [-0.39, 0.29) is 0 Å². The number of piperidine rings is 1. The van der Waals surface area contributed by atoms with Crippen LogP contribution in [0.5, 0.6) is 0 Å². The molecule has 0 aromatic carbocycles. The van der Waals surface area contributed by atoms with E-state index in [4.69, 9.17) is 0 Å². The molecule has 1 aromatic rings. The van der Waals surface area contributed by atoms with E-state index >= 15 is 0 Å². The van der Waals surface area contributed by atoms with Crippen LogP contribution >= 0.6 is 11.3 Å². The van der Waals surface area contributed by atoms with Crippen molar-refractivity contribution in [1.82, 2.24) is 15.2 Å². The summed E-state index contributed by atoms with van der Waals surface area (Å²) >= 11 is 1.87. The zero-order valence-corrected chi connectivity index (χ0v) is 11.9. The minimum Gasteiger partial charge on any atom is -0.315 e. The number of aromatic nitrogens is 1. The van der Waals surface area contributed by atoms with Crippen molar-refractivity contribution in [2.75, 3.05) is 13.6 Å². The molecule has 0 bridgehead atoms. The normalized spacial score (nSPS) is 22.2. The number of thiazole rings is 1. The lowest BCUT2D eigenvalue weighted by Crippen LogP contribution is -2.38. The second-order valence-electron chi connectivity index (χ2n) is 5.04. The van der Waals surface area contributed by atoms with E-state index in [1.165, 1.54) is 35.7 Å². The first kappa shape index (κ1) is 13.0. The van der Waals surface area contributed by atoms with E-state index in [1.54, 1.807) is 0 Å². The zero-order valence-electron chi connectivity index (χ0n) is 11.1. The summed E-state index contributed by atoms with van der Waals surface area (Å²) in [5.41, 5.74) is 0. The lowest BCUT2D eigenvalue weighted by atomic mass is 10.0. The molecule has 3 nitrogen and oxygen atoms in total. The van der Waals surface area contributed by atoms with Gasteiger partial charge in [-0.15, -0.1) is 11.3 Å². The molecule has 0 amide bonds. The fourth-order valence-electron chi connectivity index (χ4n) is 2.57. The Balaban J connectivity index is 2.11. The number of hydrogen-bond acceptors (Lipinski definition) is 4. The maximum atomic E-state index is 4.63. The van der Waals surface area contributed by atoms with Crippen LogP contribution in [-0.2, 0) is 6.54 Å². The molecule has 2 heterocycles. The van der Waals surface area contributed by atoms with Gasteiger partial charge in [-0.2, -0.15) is 0 Å². The van der Waals surface area contributed by atoms with Crippen LogP contribution in [0.2, 0.25) is 0 Å². The molecular weight excluding hydrogens is 230 g/mol. The quantitative estimate of drug-likeness (QED) is 0.894. The molecule has 96 valence electrons. The van der Waals surface area contributed by atoms with Crippen molar-refractivity contribution in [2.24, 2.45) is 0 Å². The number of likely N-dealkylation sites (tertiary alicyclic amines) is 1. The lowest BCUT2D eigenvalue weighted by molar-refractivity contribution is 0.112. The third-order valence-electron chi connectivity index (χ3n) is 3.42. The van der Waals surface area contributed by atoms with Gasteiger partial charge in [0.1, 0.15) is 5.01 Å². The summed E-state index contributed by atoms with van der Waals surface area (Å²) in [7, 11) is 1.99. The summed E-state index contributed by atoms with van der Waals surface area (Å²) in [6.45, 7) is 6.75. The number of hydrogen-bond donors (Lipinski definition) is 1. The minimum absolute atomic E-state index is 0.555. The monoisotopic (exact) mass is 253 g/mol. The first-order chi connectivity index (χ1) is 8.22. The van der Waals surface area contributed by atoms with Crippen molar-refractivity contribution in [3.8, 4) is 0 Å². The van der Waals surface area contributed by atoms with Gasteiger partial charge in [0.25, 0.3) is 0 Å². The van der Waals surface area contributed by atoms with Gasteiger partial charge in [-0.05, 0) is 40.3 Å². The van der Waals surface area contributed by atoms with Crippen molar-refractivity contribution < 1.29 is 0 Å². The van der Waals surface area contributed by atoms with Crippen LogP contribution in [0.3, 0.4) is 0 Å². The average molecular weight is 253 g/mol. The number of rotatable bonds is 4. The van der Waals surface area contributed by atoms with Crippen molar-refractivity contribution in [2.45, 2.75) is 51.7 Å². The van der Waals surface area contributed by atoms with E-state index < -0.39 is 0 Å². The third-order valence-corrected chi connectivity index (χ3v) is 4.51. The summed E-state index contributed by atoms with van der Waals surface area (Å²) in [4.78, 5) is 8.57. The predicted molar refractivity (Wildman–Crippen MR) is 73.3 cm³/mol. The molecule has 1 fully saturated rings. The Morgan fingerprint density at radius 3 is 3.06 bits per heavy atom. The molecule has 0 radical (unpaired) electrons. The van der Waals surface area contributed by atoms with E-state index in [0.717, 1.165) is 6.54 Å². The Hall–Kier alpha value is -0.450. The fraction of sp³-hybridized carbons (Fsp3) is 0.769. The molecule has 1 N–H and O–H groups in total. The summed E-state index contributed by atoms with van der Waals surface area (Å²) in [5, 5.41) is 4.50. The highest BCUT2D eigenvalue weighted by molar-refractivity contribution is 7.11. The van der Waals surface area contributed by atoms with Gasteiger partial charge in [-0.3, -0.25) is 4.90 Å². The second kappa shape index (κ2) is 5.94. The summed E-state index contributed by atoms with van der Waals surface area (Å²) in [5.74, 6) is 0. The van der Waals surface area contributed by atoms with Gasteiger partial charge in [0.15, 0.2) is 0 Å². The Bertz CT molecular complexity index is 348. The largest absolute Gasteiger partial charge is 0.315 e. The molecular formula is C13H23N3S. The maximum absolute atomic E-state index is 4.63. The topological polar surface area (TPSA) is 28.2 Å². The summed E-state index contributed by atoms with van der Waals surface area (Å²) in [6, 6.07) is 1.18. The molecule has 1 saturated heterocycles. The number of nitrogens with zero attached hydrogens (tertiary/aromatic N) is 2. The summed E-state index contributed by atoms with van der Waals surface area (Å²) < 4.78 is 0. The van der Waals surface area contributed by atoms with E-state index in [2.05, 4.69) is 29.0 Å². The van der Waals surface area contributed by atoms with Crippen molar-refractivity contribution >= 4 is 11.3 Å². The lowest BCUT2D eigenvalue weighted by Gasteiger charge is -2.37. The van der Waals surface area contributed by atoms with Gasteiger partial charge < -0.3 is 5.32 Å². The molecule has 1 aliphatic heterocycles. The molecule has 1 atom stereocenters. The standard InChI is InChI=1S/C13H23N3S/c1-10(2)16-7-5-4-6-12(16)13-15-9-11(17-13)8-14-3/h9-10,12,14H,4-8H2,1-3H3. The van der Waals surface area contributed by atoms with Crippen LogP contribution in [0.4, 0.5) is 0 Å². The van der Waals surface area contributed by atoms with Gasteiger partial charge in [0, 0.05) is 23.7 Å². The molecule has 1 aromatic heterocycles. The van der Waals surface area contributed by atoms with E-state index in [9.17, 15) is 0 Å². The van der Waals surface area contributed by atoms with Gasteiger partial charge in [0.2, 0.25) is 0 Å². The van der Waals surface area contributed by atoms with Crippen LogP contribution in [0.25, 0.3) is 0 Å². The van der Waals surface area contributed by atoms with Crippen LogP contribution in [-0.4, -0.2) is 29.5 Å². The van der Waals surface area contributed by atoms with Gasteiger partial charge >= 0.3 is 0 Å².